The van der Waals surface area contributed by atoms with Crippen LogP contribution in [-0.4, -0.2) is 69.3 Å². The molecule has 1 aromatic carbocycles. The van der Waals surface area contributed by atoms with Gasteiger partial charge in [0.1, 0.15) is 16.3 Å². The molecule has 0 radical (unpaired) electrons. The zero-order chi connectivity index (χ0) is 27.9. The van der Waals surface area contributed by atoms with Crippen molar-refractivity contribution in [1.29, 1.82) is 0 Å². The van der Waals surface area contributed by atoms with Crippen LogP contribution in [0.4, 0.5) is 11.6 Å². The number of fused-ring (bicyclic) bond motifs is 2. The van der Waals surface area contributed by atoms with Crippen LogP contribution in [0.5, 0.6) is 0 Å². The summed E-state index contributed by atoms with van der Waals surface area (Å²) in [5, 5.41) is 3.61. The molecule has 1 aliphatic heterocycles. The molecule has 0 bridgehead atoms. The van der Waals surface area contributed by atoms with Crippen molar-refractivity contribution in [3.05, 3.63) is 76.5 Å². The van der Waals surface area contributed by atoms with Gasteiger partial charge in [0.25, 0.3) is 5.56 Å². The molecule has 0 unspecified atom stereocenters. The van der Waals surface area contributed by atoms with Crippen LogP contribution in [0.2, 0.25) is 0 Å². The van der Waals surface area contributed by atoms with Gasteiger partial charge in [0, 0.05) is 48.8 Å². The molecule has 1 amide bonds. The van der Waals surface area contributed by atoms with E-state index in [2.05, 4.69) is 25.3 Å². The lowest BCUT2D eigenvalue weighted by atomic mass is 10.2. The highest BCUT2D eigenvalue weighted by Crippen LogP contribution is 2.33. The molecule has 1 N–H and O–H groups in total. The van der Waals surface area contributed by atoms with E-state index < -0.39 is 21.5 Å². The number of anilines is 2. The molecule has 5 aromatic rings. The number of amides is 1. The van der Waals surface area contributed by atoms with E-state index in [0.717, 1.165) is 26.8 Å². The Labute approximate surface area is 233 Å². The lowest BCUT2D eigenvalue weighted by Gasteiger charge is -2.33. The topological polar surface area (TPSA) is 143 Å². The SMILES string of the molecule is Cc1sc2ncn(CC(=O)Nc3cnc4ccccc4c3)c(=O)c2c1S(=O)(=O)N1CCN(c2ncccn2)CC1. The summed E-state index contributed by atoms with van der Waals surface area (Å²) in [4.78, 5) is 46.1. The first-order valence-corrected chi connectivity index (χ1v) is 14.7. The van der Waals surface area contributed by atoms with Crippen molar-refractivity contribution in [2.24, 2.45) is 0 Å². The Bertz CT molecular complexity index is 1900. The highest BCUT2D eigenvalue weighted by atomic mass is 32.2. The van der Waals surface area contributed by atoms with Gasteiger partial charge in [-0.3, -0.25) is 19.1 Å². The average molecular weight is 577 g/mol. The molecule has 6 rings (SSSR count). The zero-order valence-corrected chi connectivity index (χ0v) is 23.0. The first kappa shape index (κ1) is 26.0. The number of benzene rings is 1. The van der Waals surface area contributed by atoms with E-state index in [-0.39, 0.29) is 29.9 Å². The van der Waals surface area contributed by atoms with E-state index in [9.17, 15) is 18.0 Å². The molecule has 204 valence electrons. The van der Waals surface area contributed by atoms with Crippen molar-refractivity contribution >= 4 is 60.0 Å². The molecule has 0 saturated carbocycles. The smallest absolute Gasteiger partial charge is 0.263 e. The van der Waals surface area contributed by atoms with E-state index in [4.69, 9.17) is 0 Å². The van der Waals surface area contributed by atoms with Gasteiger partial charge in [-0.15, -0.1) is 11.3 Å². The van der Waals surface area contributed by atoms with E-state index in [1.54, 1.807) is 37.6 Å². The minimum absolute atomic E-state index is 0.000931. The number of nitrogens with one attached hydrogen (secondary N) is 1. The zero-order valence-electron chi connectivity index (χ0n) is 21.4. The molecular weight excluding hydrogens is 552 g/mol. The number of carbonyl (C=O) groups is 1. The number of pyridine rings is 1. The van der Waals surface area contributed by atoms with Crippen LogP contribution >= 0.6 is 11.3 Å². The van der Waals surface area contributed by atoms with E-state index >= 15 is 0 Å². The summed E-state index contributed by atoms with van der Waals surface area (Å²) in [6.45, 7) is 2.59. The normalized spacial score (nSPS) is 14.6. The Kier molecular flexibility index (Phi) is 6.73. The van der Waals surface area contributed by atoms with Gasteiger partial charge in [-0.25, -0.2) is 23.4 Å². The molecule has 0 atom stereocenters. The largest absolute Gasteiger partial charge is 0.338 e. The average Bonchev–Trinajstić information content (AvgIpc) is 3.32. The Morgan fingerprint density at radius 3 is 2.55 bits per heavy atom. The summed E-state index contributed by atoms with van der Waals surface area (Å²) in [5.41, 5.74) is 0.694. The maximum atomic E-state index is 13.8. The van der Waals surface area contributed by atoms with Crippen LogP contribution < -0.4 is 15.8 Å². The lowest BCUT2D eigenvalue weighted by Crippen LogP contribution is -2.49. The van der Waals surface area contributed by atoms with Crippen molar-refractivity contribution in [1.82, 2.24) is 28.8 Å². The molecule has 1 saturated heterocycles. The monoisotopic (exact) mass is 576 g/mol. The summed E-state index contributed by atoms with van der Waals surface area (Å²) in [6, 6.07) is 11.0. The molecule has 1 aliphatic rings. The molecule has 40 heavy (non-hydrogen) atoms. The number of nitrogens with zero attached hydrogens (tertiary/aromatic N) is 7. The second kappa shape index (κ2) is 10.4. The number of hydrogen-bond donors (Lipinski definition) is 1. The van der Waals surface area contributed by atoms with Crippen LogP contribution in [0.1, 0.15) is 4.88 Å². The number of piperazine rings is 1. The number of rotatable bonds is 6. The predicted octanol–water partition coefficient (Wildman–Crippen LogP) is 2.25. The van der Waals surface area contributed by atoms with Gasteiger partial charge >= 0.3 is 0 Å². The van der Waals surface area contributed by atoms with E-state index in [1.165, 1.54) is 10.6 Å². The van der Waals surface area contributed by atoms with Gasteiger partial charge in [0.15, 0.2) is 0 Å². The first-order chi connectivity index (χ1) is 19.3. The van der Waals surface area contributed by atoms with Gasteiger partial charge in [0.2, 0.25) is 21.9 Å². The third kappa shape index (κ3) is 4.80. The highest BCUT2D eigenvalue weighted by molar-refractivity contribution is 7.89. The molecule has 0 spiro atoms. The number of carbonyl (C=O) groups excluding carboxylic acids is 1. The second-order valence-electron chi connectivity index (χ2n) is 9.25. The van der Waals surface area contributed by atoms with Crippen LogP contribution in [0, 0.1) is 6.92 Å². The Morgan fingerprint density at radius 2 is 1.77 bits per heavy atom. The van der Waals surface area contributed by atoms with Crippen molar-refractivity contribution < 1.29 is 13.2 Å². The van der Waals surface area contributed by atoms with Gasteiger partial charge in [-0.05, 0) is 25.1 Å². The predicted molar refractivity (Wildman–Crippen MR) is 152 cm³/mol. The Morgan fingerprint density at radius 1 is 1.02 bits per heavy atom. The van der Waals surface area contributed by atoms with Crippen molar-refractivity contribution in [2.75, 3.05) is 36.4 Å². The summed E-state index contributed by atoms with van der Waals surface area (Å²) in [7, 11) is -4.00. The van der Waals surface area contributed by atoms with E-state index in [1.807, 2.05) is 29.2 Å². The van der Waals surface area contributed by atoms with Crippen LogP contribution in [0.3, 0.4) is 0 Å². The maximum absolute atomic E-state index is 13.8. The number of aromatic nitrogens is 5. The van der Waals surface area contributed by atoms with Gasteiger partial charge < -0.3 is 10.2 Å². The Balaban J connectivity index is 1.25. The standard InChI is InChI=1S/C26H24N8O4S2/c1-17-23(40(37,38)34-11-9-32(10-12-34)26-27-7-4-8-28-26)22-24(39-17)30-16-33(25(22)36)15-21(35)31-19-13-18-5-2-3-6-20(18)29-14-19/h2-8,13-14,16H,9-12,15H2,1H3,(H,31,35). The van der Waals surface area contributed by atoms with Crippen molar-refractivity contribution in [3.63, 3.8) is 0 Å². The molecule has 5 heterocycles. The Hall–Kier alpha value is -4.27. The molecule has 4 aromatic heterocycles. The summed E-state index contributed by atoms with van der Waals surface area (Å²) >= 11 is 1.14. The fourth-order valence-electron chi connectivity index (χ4n) is 4.74. The number of sulfonamides is 1. The third-order valence-electron chi connectivity index (χ3n) is 6.66. The van der Waals surface area contributed by atoms with Crippen LogP contribution in [0.25, 0.3) is 21.1 Å². The lowest BCUT2D eigenvalue weighted by molar-refractivity contribution is -0.116. The summed E-state index contributed by atoms with van der Waals surface area (Å²) in [6.07, 6.45) is 6.10. The summed E-state index contributed by atoms with van der Waals surface area (Å²) < 4.78 is 30.1. The summed E-state index contributed by atoms with van der Waals surface area (Å²) in [5.74, 6) is 0.0810. The molecule has 1 fully saturated rings. The van der Waals surface area contributed by atoms with E-state index in [0.29, 0.717) is 34.4 Å². The quantitative estimate of drug-likeness (QED) is 0.322. The molecule has 12 nitrogen and oxygen atoms in total. The maximum Gasteiger partial charge on any atom is 0.263 e. The highest BCUT2D eigenvalue weighted by Gasteiger charge is 2.34. The molecule has 0 aliphatic carbocycles. The fraction of sp³-hybridized carbons (Fsp3) is 0.231. The number of para-hydroxylation sites is 1. The van der Waals surface area contributed by atoms with Crippen LogP contribution in [-0.2, 0) is 21.4 Å². The minimum Gasteiger partial charge on any atom is -0.338 e. The number of hydrogen-bond acceptors (Lipinski definition) is 10. The van der Waals surface area contributed by atoms with Gasteiger partial charge in [0.05, 0.1) is 29.1 Å². The number of thiophene rings is 1. The number of aryl methyl sites for hydroxylation is 1. The first-order valence-electron chi connectivity index (χ1n) is 12.5. The van der Waals surface area contributed by atoms with Crippen molar-refractivity contribution in [2.45, 2.75) is 18.4 Å². The fourth-order valence-corrected chi connectivity index (χ4v) is 7.83. The molecular formula is C26H24N8O4S2. The third-order valence-corrected chi connectivity index (χ3v) is 9.87. The minimum atomic E-state index is -4.00. The molecule has 14 heteroatoms. The van der Waals surface area contributed by atoms with Crippen molar-refractivity contribution in [3.8, 4) is 0 Å². The van der Waals surface area contributed by atoms with Gasteiger partial charge in [-0.1, -0.05) is 18.2 Å². The van der Waals surface area contributed by atoms with Gasteiger partial charge in [-0.2, -0.15) is 4.31 Å². The second-order valence-corrected chi connectivity index (χ2v) is 12.3. The van der Waals surface area contributed by atoms with Crippen LogP contribution in [0.15, 0.2) is 71.0 Å².